The summed E-state index contributed by atoms with van der Waals surface area (Å²) in [5, 5.41) is 0. The van der Waals surface area contributed by atoms with Gasteiger partial charge in [0, 0.05) is 18.2 Å². The SMILES string of the molecule is Cc1cc(N=C(N)C2(c3ccc4c(c3)CCO4)CC2)nc(-c2cccnc2N)c1C. The minimum atomic E-state index is -0.203. The fourth-order valence-corrected chi connectivity index (χ4v) is 4.19. The Morgan fingerprint density at radius 3 is 2.77 bits per heavy atom. The molecule has 0 radical (unpaired) electrons. The molecule has 0 saturated heterocycles. The van der Waals surface area contributed by atoms with Crippen molar-refractivity contribution in [2.75, 3.05) is 12.3 Å². The summed E-state index contributed by atoms with van der Waals surface area (Å²) in [4.78, 5) is 13.8. The van der Waals surface area contributed by atoms with Gasteiger partial charge in [-0.25, -0.2) is 15.0 Å². The summed E-state index contributed by atoms with van der Waals surface area (Å²) in [5.74, 6) is 2.66. The maximum Gasteiger partial charge on any atom is 0.154 e. The molecule has 1 saturated carbocycles. The van der Waals surface area contributed by atoms with E-state index in [9.17, 15) is 0 Å². The van der Waals surface area contributed by atoms with Gasteiger partial charge in [-0.05, 0) is 73.2 Å². The molecule has 5 rings (SSSR count). The second-order valence-electron chi connectivity index (χ2n) is 8.21. The zero-order valence-electron chi connectivity index (χ0n) is 17.3. The van der Waals surface area contributed by atoms with Crippen molar-refractivity contribution in [1.82, 2.24) is 9.97 Å². The van der Waals surface area contributed by atoms with Crippen molar-refractivity contribution in [1.29, 1.82) is 0 Å². The molecule has 1 aliphatic carbocycles. The molecule has 6 heteroatoms. The molecule has 6 nitrogen and oxygen atoms in total. The molecule has 3 aromatic rings. The minimum Gasteiger partial charge on any atom is -0.493 e. The lowest BCUT2D eigenvalue weighted by molar-refractivity contribution is 0.357. The Bertz CT molecular complexity index is 1180. The molecule has 2 aliphatic rings. The lowest BCUT2D eigenvalue weighted by atomic mass is 9.92. The van der Waals surface area contributed by atoms with Crippen LogP contribution in [0.5, 0.6) is 5.75 Å². The number of ether oxygens (including phenoxy) is 1. The first-order valence-electron chi connectivity index (χ1n) is 10.3. The number of hydrogen-bond donors (Lipinski definition) is 2. The van der Waals surface area contributed by atoms with Crippen LogP contribution in [0.3, 0.4) is 0 Å². The number of amidine groups is 1. The quantitative estimate of drug-likeness (QED) is 0.510. The first-order chi connectivity index (χ1) is 14.5. The van der Waals surface area contributed by atoms with E-state index in [1.807, 2.05) is 25.1 Å². The van der Waals surface area contributed by atoms with E-state index in [2.05, 4.69) is 30.1 Å². The van der Waals surface area contributed by atoms with Crippen molar-refractivity contribution < 1.29 is 4.74 Å². The number of aliphatic imine (C=N–C) groups is 1. The molecule has 0 spiro atoms. The highest BCUT2D eigenvalue weighted by atomic mass is 16.5. The summed E-state index contributed by atoms with van der Waals surface area (Å²) in [6.45, 7) is 4.84. The number of aromatic nitrogens is 2. The monoisotopic (exact) mass is 399 g/mol. The van der Waals surface area contributed by atoms with Crippen LogP contribution >= 0.6 is 0 Å². The largest absolute Gasteiger partial charge is 0.493 e. The summed E-state index contributed by atoms with van der Waals surface area (Å²) in [5.41, 5.74) is 18.7. The third-order valence-corrected chi connectivity index (χ3v) is 6.33. The number of nitrogen functional groups attached to an aromatic ring is 1. The Balaban J connectivity index is 1.54. The van der Waals surface area contributed by atoms with E-state index in [-0.39, 0.29) is 5.41 Å². The molecule has 1 aliphatic heterocycles. The maximum absolute atomic E-state index is 6.57. The predicted octanol–water partition coefficient (Wildman–Crippen LogP) is 4.00. The van der Waals surface area contributed by atoms with E-state index in [1.54, 1.807) is 6.20 Å². The number of benzene rings is 1. The maximum atomic E-state index is 6.57. The van der Waals surface area contributed by atoms with Crippen molar-refractivity contribution in [2.45, 2.75) is 38.5 Å². The van der Waals surface area contributed by atoms with Crippen LogP contribution in [0.25, 0.3) is 11.3 Å². The summed E-state index contributed by atoms with van der Waals surface area (Å²) in [7, 11) is 0. The van der Waals surface area contributed by atoms with Gasteiger partial charge in [0.05, 0.1) is 17.7 Å². The van der Waals surface area contributed by atoms with Gasteiger partial charge in [-0.3, -0.25) is 0 Å². The van der Waals surface area contributed by atoms with Crippen LogP contribution in [-0.4, -0.2) is 22.4 Å². The zero-order chi connectivity index (χ0) is 20.9. The van der Waals surface area contributed by atoms with Crippen molar-refractivity contribution in [3.05, 3.63) is 64.8 Å². The average molecular weight is 399 g/mol. The van der Waals surface area contributed by atoms with Gasteiger partial charge in [-0.2, -0.15) is 0 Å². The fraction of sp³-hybridized carbons (Fsp3) is 0.292. The first-order valence-corrected chi connectivity index (χ1v) is 10.3. The number of anilines is 1. The minimum absolute atomic E-state index is 0.203. The lowest BCUT2D eigenvalue weighted by Gasteiger charge is -2.17. The molecular weight excluding hydrogens is 374 g/mol. The smallest absolute Gasteiger partial charge is 0.154 e. The molecule has 0 amide bonds. The first kappa shape index (κ1) is 18.6. The normalized spacial score (nSPS) is 16.8. The molecule has 1 aromatic carbocycles. The van der Waals surface area contributed by atoms with Gasteiger partial charge >= 0.3 is 0 Å². The third-order valence-electron chi connectivity index (χ3n) is 6.33. The van der Waals surface area contributed by atoms with Crippen LogP contribution < -0.4 is 16.2 Å². The number of hydrogen-bond acceptors (Lipinski definition) is 5. The van der Waals surface area contributed by atoms with Crippen LogP contribution in [0.1, 0.15) is 35.1 Å². The van der Waals surface area contributed by atoms with E-state index >= 15 is 0 Å². The van der Waals surface area contributed by atoms with Gasteiger partial charge in [-0.1, -0.05) is 12.1 Å². The number of nitrogens with two attached hydrogens (primary N) is 2. The van der Waals surface area contributed by atoms with E-state index in [0.29, 0.717) is 17.5 Å². The second-order valence-corrected chi connectivity index (χ2v) is 8.21. The number of rotatable bonds is 4. The second kappa shape index (κ2) is 6.83. The number of aryl methyl sites for hydroxylation is 1. The van der Waals surface area contributed by atoms with Crippen molar-refractivity contribution in [3.8, 4) is 17.0 Å². The Kier molecular flexibility index (Phi) is 4.24. The van der Waals surface area contributed by atoms with Crippen LogP contribution in [0.4, 0.5) is 11.6 Å². The van der Waals surface area contributed by atoms with Crippen LogP contribution in [0.15, 0.2) is 47.6 Å². The van der Waals surface area contributed by atoms with E-state index in [4.69, 9.17) is 26.2 Å². The number of nitrogens with zero attached hydrogens (tertiary/aromatic N) is 3. The Morgan fingerprint density at radius 1 is 1.17 bits per heavy atom. The summed E-state index contributed by atoms with van der Waals surface area (Å²) in [6.07, 6.45) is 4.62. The molecule has 152 valence electrons. The highest BCUT2D eigenvalue weighted by molar-refractivity contribution is 5.96. The molecule has 0 bridgehead atoms. The highest BCUT2D eigenvalue weighted by Gasteiger charge is 2.48. The van der Waals surface area contributed by atoms with Gasteiger partial charge in [-0.15, -0.1) is 0 Å². The molecule has 0 unspecified atom stereocenters. The van der Waals surface area contributed by atoms with Gasteiger partial charge in [0.1, 0.15) is 17.4 Å². The lowest BCUT2D eigenvalue weighted by Crippen LogP contribution is -2.28. The predicted molar refractivity (Wildman–Crippen MR) is 119 cm³/mol. The fourth-order valence-electron chi connectivity index (χ4n) is 4.19. The third kappa shape index (κ3) is 3.00. The molecule has 2 aromatic heterocycles. The molecule has 0 atom stereocenters. The molecule has 1 fully saturated rings. The molecule has 30 heavy (non-hydrogen) atoms. The van der Waals surface area contributed by atoms with Gasteiger partial charge < -0.3 is 16.2 Å². The Labute approximate surface area is 176 Å². The van der Waals surface area contributed by atoms with Crippen molar-refractivity contribution in [2.24, 2.45) is 10.7 Å². The van der Waals surface area contributed by atoms with E-state index < -0.39 is 0 Å². The van der Waals surface area contributed by atoms with Crippen LogP contribution in [-0.2, 0) is 11.8 Å². The number of pyridine rings is 2. The van der Waals surface area contributed by atoms with E-state index in [1.165, 1.54) is 11.1 Å². The molecule has 4 N–H and O–H groups in total. The van der Waals surface area contributed by atoms with Crippen molar-refractivity contribution >= 4 is 17.5 Å². The topological polar surface area (TPSA) is 99.4 Å². The zero-order valence-corrected chi connectivity index (χ0v) is 17.3. The Hall–Kier alpha value is -3.41. The van der Waals surface area contributed by atoms with E-state index in [0.717, 1.165) is 54.0 Å². The Morgan fingerprint density at radius 2 is 2.00 bits per heavy atom. The van der Waals surface area contributed by atoms with Crippen molar-refractivity contribution in [3.63, 3.8) is 0 Å². The highest BCUT2D eigenvalue weighted by Crippen LogP contribution is 2.50. The standard InChI is InChI=1S/C24H25N5O/c1-14-12-20(28-21(15(14)2)18-4-3-10-27-22(18)25)29-23(26)24(8-9-24)17-5-6-19-16(13-17)7-11-30-19/h3-6,10,12-13H,7-9,11H2,1-2H3,(H2,25,27)(H2,26,28,29). The summed E-state index contributed by atoms with van der Waals surface area (Å²) >= 11 is 0. The average Bonchev–Trinajstić information content (AvgIpc) is 3.42. The van der Waals surface area contributed by atoms with Crippen LogP contribution in [0.2, 0.25) is 0 Å². The van der Waals surface area contributed by atoms with Gasteiger partial charge in [0.2, 0.25) is 0 Å². The number of fused-ring (bicyclic) bond motifs is 1. The van der Waals surface area contributed by atoms with Gasteiger partial charge in [0.15, 0.2) is 5.82 Å². The van der Waals surface area contributed by atoms with Gasteiger partial charge in [0.25, 0.3) is 0 Å². The molecule has 3 heterocycles. The molecular formula is C24H25N5O. The summed E-state index contributed by atoms with van der Waals surface area (Å²) in [6, 6.07) is 12.2. The van der Waals surface area contributed by atoms with Crippen LogP contribution in [0, 0.1) is 13.8 Å². The summed E-state index contributed by atoms with van der Waals surface area (Å²) < 4.78 is 5.65.